The molecule has 38 heavy (non-hydrogen) atoms. The molecule has 0 aliphatic carbocycles. The van der Waals surface area contributed by atoms with Gasteiger partial charge in [0.15, 0.2) is 0 Å². The Balaban J connectivity index is 1.10. The van der Waals surface area contributed by atoms with Gasteiger partial charge in [-0.1, -0.05) is 0 Å². The molecule has 2 aromatic heterocycles. The molecule has 2 unspecified atom stereocenters. The molecule has 9 heteroatoms. The lowest BCUT2D eigenvalue weighted by atomic mass is 10.0. The molecule has 2 fully saturated rings. The van der Waals surface area contributed by atoms with Gasteiger partial charge in [0.1, 0.15) is 11.6 Å². The Morgan fingerprint density at radius 2 is 1.11 bits per heavy atom. The molecule has 2 aromatic carbocycles. The fraction of sp³-hybridized carbons (Fsp3) is 0.345. The van der Waals surface area contributed by atoms with Crippen molar-refractivity contribution in [2.75, 3.05) is 26.2 Å². The van der Waals surface area contributed by atoms with Crippen LogP contribution < -0.4 is 0 Å². The van der Waals surface area contributed by atoms with E-state index in [-0.39, 0.29) is 29.7 Å². The van der Waals surface area contributed by atoms with Crippen LogP contribution in [0.5, 0.6) is 0 Å². The van der Waals surface area contributed by atoms with Crippen molar-refractivity contribution in [3.8, 4) is 22.5 Å². The van der Waals surface area contributed by atoms with Crippen molar-refractivity contribution in [3.63, 3.8) is 0 Å². The molecule has 4 heterocycles. The average Bonchev–Trinajstić information content (AvgIpc) is 3.65. The van der Waals surface area contributed by atoms with E-state index in [0.29, 0.717) is 13.1 Å². The van der Waals surface area contributed by atoms with Crippen molar-refractivity contribution in [1.29, 1.82) is 0 Å². The molecule has 6 rings (SSSR count). The van der Waals surface area contributed by atoms with Crippen LogP contribution in [0, 0.1) is 11.6 Å². The minimum atomic E-state index is -0.268. The lowest BCUT2D eigenvalue weighted by molar-refractivity contribution is 0.111. The summed E-state index contributed by atoms with van der Waals surface area (Å²) < 4.78 is 30.8. The fourth-order valence-corrected chi connectivity index (χ4v) is 5.56. The number of urea groups is 1. The van der Waals surface area contributed by atoms with Gasteiger partial charge >= 0.3 is 6.03 Å². The summed E-state index contributed by atoms with van der Waals surface area (Å²) in [5.74, 6) is -0.535. The highest BCUT2D eigenvalue weighted by Gasteiger charge is 2.31. The van der Waals surface area contributed by atoms with Crippen LogP contribution in [-0.2, 0) is 0 Å². The quantitative estimate of drug-likeness (QED) is 0.345. The summed E-state index contributed by atoms with van der Waals surface area (Å²) in [7, 11) is 0. The number of rotatable bonds is 4. The number of hydrogen-bond donors (Lipinski definition) is 0. The molecule has 0 bridgehead atoms. The van der Waals surface area contributed by atoms with E-state index in [0.717, 1.165) is 61.3 Å². The Morgan fingerprint density at radius 3 is 1.53 bits per heavy atom. The molecule has 0 radical (unpaired) electrons. The molecule has 2 aliphatic rings. The van der Waals surface area contributed by atoms with E-state index in [9.17, 15) is 13.6 Å². The Kier molecular flexibility index (Phi) is 6.66. The molecule has 2 amide bonds. The predicted molar refractivity (Wildman–Crippen MR) is 140 cm³/mol. The number of amides is 2. The summed E-state index contributed by atoms with van der Waals surface area (Å²) in [6, 6.07) is 13.1. The molecule has 4 aromatic rings. The zero-order valence-corrected chi connectivity index (χ0v) is 21.1. The van der Waals surface area contributed by atoms with E-state index < -0.39 is 0 Å². The van der Waals surface area contributed by atoms with E-state index in [1.165, 1.54) is 24.3 Å². The van der Waals surface area contributed by atoms with Crippen molar-refractivity contribution in [1.82, 2.24) is 28.9 Å². The molecule has 2 atom stereocenters. The second-order valence-electron chi connectivity index (χ2n) is 10.2. The summed E-state index contributed by atoms with van der Waals surface area (Å²) in [6.07, 6.45) is 11.4. The Labute approximate surface area is 220 Å². The maximum absolute atomic E-state index is 13.6. The van der Waals surface area contributed by atoms with Crippen molar-refractivity contribution < 1.29 is 13.6 Å². The van der Waals surface area contributed by atoms with Gasteiger partial charge in [-0.25, -0.2) is 23.5 Å². The van der Waals surface area contributed by atoms with E-state index in [1.54, 1.807) is 24.3 Å². The minimum absolute atomic E-state index is 0.0807. The number of piperidine rings is 2. The Hall–Kier alpha value is -4.01. The maximum Gasteiger partial charge on any atom is 0.320 e. The van der Waals surface area contributed by atoms with Crippen LogP contribution in [0.2, 0.25) is 0 Å². The number of nitrogens with zero attached hydrogens (tertiary/aromatic N) is 6. The van der Waals surface area contributed by atoms with Crippen LogP contribution in [0.25, 0.3) is 22.5 Å². The van der Waals surface area contributed by atoms with E-state index in [1.807, 2.05) is 34.8 Å². The highest BCUT2D eigenvalue weighted by atomic mass is 19.1. The summed E-state index contributed by atoms with van der Waals surface area (Å²) in [5, 5.41) is 0. The highest BCUT2D eigenvalue weighted by molar-refractivity contribution is 5.74. The van der Waals surface area contributed by atoms with Crippen LogP contribution >= 0.6 is 0 Å². The van der Waals surface area contributed by atoms with Crippen LogP contribution in [-0.4, -0.2) is 61.1 Å². The van der Waals surface area contributed by atoms with Crippen molar-refractivity contribution >= 4 is 6.03 Å². The first-order chi connectivity index (χ1) is 18.5. The third kappa shape index (κ3) is 5.05. The van der Waals surface area contributed by atoms with E-state index in [2.05, 4.69) is 19.1 Å². The number of halogens is 2. The van der Waals surface area contributed by atoms with Gasteiger partial charge in [-0.2, -0.15) is 0 Å². The first-order valence-electron chi connectivity index (χ1n) is 13.2. The number of hydrogen-bond acceptors (Lipinski definition) is 3. The van der Waals surface area contributed by atoms with Crippen LogP contribution in [0.15, 0.2) is 73.6 Å². The summed E-state index contributed by atoms with van der Waals surface area (Å²) in [5.41, 5.74) is 3.34. The number of carbonyl (C=O) groups excluding carboxylic acids is 1. The second-order valence-corrected chi connectivity index (χ2v) is 10.2. The number of likely N-dealkylation sites (tertiary alicyclic amines) is 2. The molecule has 0 N–H and O–H groups in total. The number of carbonyl (C=O) groups is 1. The van der Waals surface area contributed by atoms with Gasteiger partial charge in [-0.3, -0.25) is 0 Å². The SMILES string of the molecule is O=C(N1CCCC(n2cnc(-c3ccc(F)cc3)c2)C1)N1CCCC(n2cnc(-c3ccc(F)cc3)c2)C1. The highest BCUT2D eigenvalue weighted by Crippen LogP contribution is 2.28. The van der Waals surface area contributed by atoms with Crippen molar-refractivity contribution in [3.05, 3.63) is 85.2 Å². The molecular weight excluding hydrogens is 486 g/mol. The van der Waals surface area contributed by atoms with Gasteiger partial charge in [0, 0.05) is 49.7 Å². The van der Waals surface area contributed by atoms with Gasteiger partial charge < -0.3 is 18.9 Å². The van der Waals surface area contributed by atoms with Crippen LogP contribution in [0.3, 0.4) is 0 Å². The normalized spacial score (nSPS) is 20.1. The maximum atomic E-state index is 13.6. The zero-order chi connectivity index (χ0) is 26.1. The molecule has 2 aliphatic heterocycles. The third-order valence-electron chi connectivity index (χ3n) is 7.66. The standard InChI is InChI=1S/C29H30F2N6O/c30-23-9-5-21(6-10-23)27-17-36(19-32-27)25-3-1-13-34(15-25)29(38)35-14-2-4-26(16-35)37-18-28(33-20-37)22-7-11-24(31)12-8-22/h5-12,17-20,25-26H,1-4,13-16H2. The summed E-state index contributed by atoms with van der Waals surface area (Å²) >= 11 is 0. The van der Waals surface area contributed by atoms with Gasteiger partial charge in [0.25, 0.3) is 0 Å². The Bertz CT molecular complexity index is 1290. The van der Waals surface area contributed by atoms with Gasteiger partial charge in [0.05, 0.1) is 36.1 Å². The molecule has 0 spiro atoms. The molecule has 7 nitrogen and oxygen atoms in total. The smallest absolute Gasteiger partial charge is 0.320 e. The number of benzene rings is 2. The van der Waals surface area contributed by atoms with Crippen LogP contribution in [0.1, 0.15) is 37.8 Å². The third-order valence-corrected chi connectivity index (χ3v) is 7.66. The fourth-order valence-electron chi connectivity index (χ4n) is 5.56. The predicted octanol–water partition coefficient (Wildman–Crippen LogP) is 5.79. The van der Waals surface area contributed by atoms with E-state index in [4.69, 9.17) is 0 Å². The van der Waals surface area contributed by atoms with Gasteiger partial charge in [0.2, 0.25) is 0 Å². The summed E-state index contributed by atoms with van der Waals surface area (Å²) in [4.78, 5) is 26.5. The number of imidazole rings is 2. The number of aromatic nitrogens is 4. The van der Waals surface area contributed by atoms with Gasteiger partial charge in [-0.05, 0) is 74.2 Å². The average molecular weight is 517 g/mol. The first-order valence-corrected chi connectivity index (χ1v) is 13.2. The first kappa shape index (κ1) is 24.3. The largest absolute Gasteiger partial charge is 0.332 e. The van der Waals surface area contributed by atoms with E-state index >= 15 is 0 Å². The topological polar surface area (TPSA) is 59.2 Å². The molecule has 196 valence electrons. The van der Waals surface area contributed by atoms with Gasteiger partial charge in [-0.15, -0.1) is 0 Å². The summed E-state index contributed by atoms with van der Waals surface area (Å²) in [6.45, 7) is 2.77. The van der Waals surface area contributed by atoms with Crippen molar-refractivity contribution in [2.24, 2.45) is 0 Å². The second kappa shape index (κ2) is 10.4. The zero-order valence-electron chi connectivity index (χ0n) is 21.1. The van der Waals surface area contributed by atoms with Crippen molar-refractivity contribution in [2.45, 2.75) is 37.8 Å². The molecular formula is C29H30F2N6O. The Morgan fingerprint density at radius 1 is 0.684 bits per heavy atom. The molecule has 0 saturated carbocycles. The lowest BCUT2D eigenvalue weighted by Gasteiger charge is -2.40. The molecule has 2 saturated heterocycles. The monoisotopic (exact) mass is 516 g/mol. The lowest BCUT2D eigenvalue weighted by Crippen LogP contribution is -2.50. The minimum Gasteiger partial charge on any atom is -0.332 e. The van der Waals surface area contributed by atoms with Crippen LogP contribution in [0.4, 0.5) is 13.6 Å².